The Labute approximate surface area is 114 Å². The number of nitrogen functional groups attached to an aromatic ring is 1. The number of nitrogens with one attached hydrogen (secondary N) is 1. The first-order valence-corrected chi connectivity index (χ1v) is 6.78. The van der Waals surface area contributed by atoms with E-state index in [9.17, 15) is 0 Å². The number of hydrogen-bond donors (Lipinski definition) is 2. The van der Waals surface area contributed by atoms with Gasteiger partial charge in [0, 0.05) is 11.4 Å². The van der Waals surface area contributed by atoms with Crippen LogP contribution >= 0.6 is 0 Å². The number of pyridine rings is 1. The van der Waals surface area contributed by atoms with E-state index in [2.05, 4.69) is 41.5 Å². The van der Waals surface area contributed by atoms with Gasteiger partial charge in [-0.1, -0.05) is 25.5 Å². The molecule has 0 fully saturated rings. The van der Waals surface area contributed by atoms with Crippen molar-refractivity contribution in [2.24, 2.45) is 0 Å². The number of nitrogens with two attached hydrogens (primary N) is 1. The van der Waals surface area contributed by atoms with Crippen molar-refractivity contribution >= 4 is 17.2 Å². The lowest BCUT2D eigenvalue weighted by atomic mass is 10.1. The Hall–Kier alpha value is -2.03. The van der Waals surface area contributed by atoms with E-state index in [1.165, 1.54) is 18.4 Å². The second-order valence-corrected chi connectivity index (χ2v) is 4.82. The second-order valence-electron chi connectivity index (χ2n) is 4.82. The van der Waals surface area contributed by atoms with Crippen LogP contribution in [-0.2, 0) is 6.42 Å². The zero-order chi connectivity index (χ0) is 13.7. The zero-order valence-electron chi connectivity index (χ0n) is 11.6. The summed E-state index contributed by atoms with van der Waals surface area (Å²) in [4.78, 5) is 4.40. The molecule has 0 amide bonds. The molecule has 19 heavy (non-hydrogen) atoms. The molecule has 0 aliphatic rings. The van der Waals surface area contributed by atoms with Gasteiger partial charge in [-0.15, -0.1) is 0 Å². The Morgan fingerprint density at radius 1 is 1.11 bits per heavy atom. The standard InChI is InChI=1S/C16H21N3/c1-3-4-5-13-7-9-14(10-8-13)19-16-15(17)11-6-12(2)18-16/h6-11H,3-5,17H2,1-2H3,(H,18,19). The van der Waals surface area contributed by atoms with Crippen LogP contribution in [-0.4, -0.2) is 4.98 Å². The first kappa shape index (κ1) is 13.4. The van der Waals surface area contributed by atoms with E-state index >= 15 is 0 Å². The predicted octanol–water partition coefficient (Wildman–Crippen LogP) is 4.06. The number of benzene rings is 1. The lowest BCUT2D eigenvalue weighted by Crippen LogP contribution is -2.00. The van der Waals surface area contributed by atoms with Crippen molar-refractivity contribution in [2.75, 3.05) is 11.1 Å². The molecule has 0 bridgehead atoms. The van der Waals surface area contributed by atoms with Crippen LogP contribution in [0.25, 0.3) is 0 Å². The first-order valence-electron chi connectivity index (χ1n) is 6.78. The number of anilines is 3. The normalized spacial score (nSPS) is 10.4. The molecule has 1 aromatic carbocycles. The lowest BCUT2D eigenvalue weighted by molar-refractivity contribution is 0.795. The summed E-state index contributed by atoms with van der Waals surface area (Å²) in [5.74, 6) is 0.723. The number of unbranched alkanes of at least 4 members (excludes halogenated alkanes) is 1. The Bertz CT molecular complexity index is 532. The summed E-state index contributed by atoms with van der Waals surface area (Å²) < 4.78 is 0. The van der Waals surface area contributed by atoms with Crippen molar-refractivity contribution in [3.63, 3.8) is 0 Å². The van der Waals surface area contributed by atoms with E-state index in [4.69, 9.17) is 5.73 Å². The van der Waals surface area contributed by atoms with Crippen molar-refractivity contribution in [1.29, 1.82) is 0 Å². The molecule has 3 heteroatoms. The molecule has 0 radical (unpaired) electrons. The minimum Gasteiger partial charge on any atom is -0.396 e. The van der Waals surface area contributed by atoms with E-state index in [0.29, 0.717) is 5.69 Å². The highest BCUT2D eigenvalue weighted by Crippen LogP contribution is 2.21. The first-order chi connectivity index (χ1) is 9.19. The summed E-state index contributed by atoms with van der Waals surface area (Å²) in [7, 11) is 0. The maximum Gasteiger partial charge on any atom is 0.153 e. The quantitative estimate of drug-likeness (QED) is 0.847. The molecule has 1 heterocycles. The summed E-state index contributed by atoms with van der Waals surface area (Å²) in [6.45, 7) is 4.17. The average molecular weight is 255 g/mol. The van der Waals surface area contributed by atoms with Crippen LogP contribution < -0.4 is 11.1 Å². The van der Waals surface area contributed by atoms with Gasteiger partial charge in [0.05, 0.1) is 5.69 Å². The molecule has 0 aliphatic carbocycles. The van der Waals surface area contributed by atoms with Gasteiger partial charge in [0.2, 0.25) is 0 Å². The molecule has 0 saturated carbocycles. The number of hydrogen-bond acceptors (Lipinski definition) is 3. The molecule has 0 saturated heterocycles. The predicted molar refractivity (Wildman–Crippen MR) is 81.7 cm³/mol. The van der Waals surface area contributed by atoms with E-state index in [1.807, 2.05) is 19.1 Å². The molecule has 0 aliphatic heterocycles. The van der Waals surface area contributed by atoms with Gasteiger partial charge in [-0.3, -0.25) is 0 Å². The molecule has 0 atom stereocenters. The van der Waals surface area contributed by atoms with Gasteiger partial charge < -0.3 is 11.1 Å². The van der Waals surface area contributed by atoms with Crippen molar-refractivity contribution in [3.8, 4) is 0 Å². The van der Waals surface area contributed by atoms with Crippen LogP contribution in [0.3, 0.4) is 0 Å². The number of aromatic nitrogens is 1. The van der Waals surface area contributed by atoms with Crippen molar-refractivity contribution in [1.82, 2.24) is 4.98 Å². The maximum absolute atomic E-state index is 5.91. The van der Waals surface area contributed by atoms with Gasteiger partial charge in [0.1, 0.15) is 0 Å². The van der Waals surface area contributed by atoms with Gasteiger partial charge >= 0.3 is 0 Å². The van der Waals surface area contributed by atoms with Gasteiger partial charge in [-0.2, -0.15) is 0 Å². The molecule has 3 N–H and O–H groups in total. The Morgan fingerprint density at radius 2 is 1.84 bits per heavy atom. The van der Waals surface area contributed by atoms with E-state index in [0.717, 1.165) is 23.6 Å². The highest BCUT2D eigenvalue weighted by Gasteiger charge is 2.02. The van der Waals surface area contributed by atoms with Crippen LogP contribution in [0.2, 0.25) is 0 Å². The smallest absolute Gasteiger partial charge is 0.153 e. The summed E-state index contributed by atoms with van der Waals surface area (Å²) >= 11 is 0. The lowest BCUT2D eigenvalue weighted by Gasteiger charge is -2.09. The van der Waals surface area contributed by atoms with E-state index in [-0.39, 0.29) is 0 Å². The van der Waals surface area contributed by atoms with Gasteiger partial charge in [-0.05, 0) is 49.6 Å². The van der Waals surface area contributed by atoms with Crippen LogP contribution in [0.4, 0.5) is 17.2 Å². The monoisotopic (exact) mass is 255 g/mol. The SMILES string of the molecule is CCCCc1ccc(Nc2nc(C)ccc2N)cc1. The summed E-state index contributed by atoms with van der Waals surface area (Å²) in [5.41, 5.74) is 9.92. The van der Waals surface area contributed by atoms with Crippen molar-refractivity contribution in [2.45, 2.75) is 33.1 Å². The molecule has 2 rings (SSSR count). The van der Waals surface area contributed by atoms with Crippen LogP contribution in [0.1, 0.15) is 31.0 Å². The maximum atomic E-state index is 5.91. The summed E-state index contributed by atoms with van der Waals surface area (Å²) in [6.07, 6.45) is 3.60. The van der Waals surface area contributed by atoms with Crippen LogP contribution in [0, 0.1) is 6.92 Å². The second kappa shape index (κ2) is 6.23. The number of aryl methyl sites for hydroxylation is 2. The third-order valence-corrected chi connectivity index (χ3v) is 3.10. The van der Waals surface area contributed by atoms with E-state index < -0.39 is 0 Å². The average Bonchev–Trinajstić information content (AvgIpc) is 2.42. The topological polar surface area (TPSA) is 50.9 Å². The molecule has 1 aromatic heterocycles. The van der Waals surface area contributed by atoms with Crippen molar-refractivity contribution in [3.05, 3.63) is 47.7 Å². The molecular weight excluding hydrogens is 234 g/mol. The Kier molecular flexibility index (Phi) is 4.39. The highest BCUT2D eigenvalue weighted by molar-refractivity contribution is 5.68. The minimum atomic E-state index is 0.667. The minimum absolute atomic E-state index is 0.667. The summed E-state index contributed by atoms with van der Waals surface area (Å²) in [5, 5.41) is 3.26. The molecule has 2 aromatic rings. The zero-order valence-corrected chi connectivity index (χ0v) is 11.6. The van der Waals surface area contributed by atoms with Crippen LogP contribution in [0.5, 0.6) is 0 Å². The molecule has 0 unspecified atom stereocenters. The third kappa shape index (κ3) is 3.71. The van der Waals surface area contributed by atoms with Crippen molar-refractivity contribution < 1.29 is 0 Å². The molecule has 0 spiro atoms. The van der Waals surface area contributed by atoms with Crippen LogP contribution in [0.15, 0.2) is 36.4 Å². The fourth-order valence-electron chi connectivity index (χ4n) is 1.94. The fourth-order valence-corrected chi connectivity index (χ4v) is 1.94. The number of nitrogens with zero attached hydrogens (tertiary/aromatic N) is 1. The Balaban J connectivity index is 2.08. The fraction of sp³-hybridized carbons (Fsp3) is 0.312. The highest BCUT2D eigenvalue weighted by atomic mass is 15.0. The van der Waals surface area contributed by atoms with Gasteiger partial charge in [-0.25, -0.2) is 4.98 Å². The molecular formula is C16H21N3. The number of rotatable bonds is 5. The molecule has 100 valence electrons. The molecule has 3 nitrogen and oxygen atoms in total. The third-order valence-electron chi connectivity index (χ3n) is 3.10. The summed E-state index contributed by atoms with van der Waals surface area (Å²) in [6, 6.07) is 12.3. The van der Waals surface area contributed by atoms with Gasteiger partial charge in [0.25, 0.3) is 0 Å². The van der Waals surface area contributed by atoms with Gasteiger partial charge in [0.15, 0.2) is 5.82 Å². The largest absolute Gasteiger partial charge is 0.396 e. The Morgan fingerprint density at radius 3 is 2.53 bits per heavy atom. The van der Waals surface area contributed by atoms with E-state index in [1.54, 1.807) is 0 Å².